The van der Waals surface area contributed by atoms with Crippen LogP contribution >= 0.6 is 0 Å². The summed E-state index contributed by atoms with van der Waals surface area (Å²) in [6.45, 7) is 1.90. The van der Waals surface area contributed by atoms with Crippen LogP contribution in [0.3, 0.4) is 0 Å². The van der Waals surface area contributed by atoms with Gasteiger partial charge in [-0.15, -0.1) is 0 Å². The maximum Gasteiger partial charge on any atom is 0.338 e. The monoisotopic (exact) mass is 340 g/mol. The SMILES string of the molecule is CCOC(=O)c1ccc(O)c(F)c1.O=C(O)c1ccc(O)c(F)c1. The molecule has 0 aromatic heterocycles. The van der Waals surface area contributed by atoms with Gasteiger partial charge in [-0.1, -0.05) is 0 Å². The number of hydrogen-bond acceptors (Lipinski definition) is 5. The summed E-state index contributed by atoms with van der Waals surface area (Å²) in [5, 5.41) is 25.8. The third kappa shape index (κ3) is 5.24. The number of phenolic OH excluding ortho intramolecular Hbond substituents is 2. The summed E-state index contributed by atoms with van der Waals surface area (Å²) in [6, 6.07) is 6.24. The van der Waals surface area contributed by atoms with E-state index < -0.39 is 35.1 Å². The van der Waals surface area contributed by atoms with Crippen LogP contribution in [0, 0.1) is 11.6 Å². The number of carboxylic acid groups (broad SMARTS) is 1. The lowest BCUT2D eigenvalue weighted by molar-refractivity contribution is 0.0525. The molecule has 0 atom stereocenters. The zero-order valence-corrected chi connectivity index (χ0v) is 12.5. The summed E-state index contributed by atoms with van der Waals surface area (Å²) in [4.78, 5) is 21.3. The predicted octanol–water partition coefficient (Wildman–Crippen LogP) is 2.94. The number of ether oxygens (including phenoxy) is 1. The molecular formula is C16H14F2O6. The van der Waals surface area contributed by atoms with Gasteiger partial charge in [-0.3, -0.25) is 0 Å². The van der Waals surface area contributed by atoms with Crippen LogP contribution in [0.25, 0.3) is 0 Å². The summed E-state index contributed by atoms with van der Waals surface area (Å²) in [7, 11) is 0. The number of aromatic carboxylic acids is 1. The number of carbonyl (C=O) groups excluding carboxylic acids is 1. The number of hydrogen-bond donors (Lipinski definition) is 3. The number of aromatic hydroxyl groups is 2. The molecule has 0 fully saturated rings. The average molecular weight is 340 g/mol. The normalized spacial score (nSPS) is 9.62. The molecule has 0 heterocycles. The van der Waals surface area contributed by atoms with Gasteiger partial charge >= 0.3 is 11.9 Å². The van der Waals surface area contributed by atoms with Gasteiger partial charge in [0.15, 0.2) is 23.1 Å². The average Bonchev–Trinajstić information content (AvgIpc) is 2.53. The van der Waals surface area contributed by atoms with E-state index in [1.807, 2.05) is 0 Å². The van der Waals surface area contributed by atoms with Crippen LogP contribution in [-0.2, 0) is 4.74 Å². The van der Waals surface area contributed by atoms with Crippen molar-refractivity contribution in [2.45, 2.75) is 6.92 Å². The van der Waals surface area contributed by atoms with Crippen LogP contribution in [0.4, 0.5) is 8.78 Å². The van der Waals surface area contributed by atoms with Gasteiger partial charge < -0.3 is 20.1 Å². The van der Waals surface area contributed by atoms with Gasteiger partial charge in [-0.05, 0) is 43.3 Å². The van der Waals surface area contributed by atoms with Crippen molar-refractivity contribution in [2.75, 3.05) is 6.61 Å². The number of rotatable bonds is 3. The van der Waals surface area contributed by atoms with E-state index in [0.717, 1.165) is 30.3 Å². The van der Waals surface area contributed by atoms with E-state index in [4.69, 9.17) is 15.3 Å². The number of carbonyl (C=O) groups is 2. The second-order valence-corrected chi connectivity index (χ2v) is 4.36. The molecule has 0 aliphatic rings. The van der Waals surface area contributed by atoms with E-state index >= 15 is 0 Å². The maximum atomic E-state index is 12.7. The Kier molecular flexibility index (Phi) is 6.66. The maximum absolute atomic E-state index is 12.7. The highest BCUT2D eigenvalue weighted by Gasteiger charge is 2.09. The molecular weight excluding hydrogens is 326 g/mol. The van der Waals surface area contributed by atoms with Crippen molar-refractivity contribution in [1.82, 2.24) is 0 Å². The summed E-state index contributed by atoms with van der Waals surface area (Å²) in [5.74, 6) is -4.59. The van der Waals surface area contributed by atoms with Crippen molar-refractivity contribution >= 4 is 11.9 Å². The van der Waals surface area contributed by atoms with Gasteiger partial charge in [-0.2, -0.15) is 0 Å². The van der Waals surface area contributed by atoms with E-state index in [-0.39, 0.29) is 17.7 Å². The Morgan fingerprint density at radius 3 is 1.83 bits per heavy atom. The lowest BCUT2D eigenvalue weighted by atomic mass is 10.2. The Hall–Kier alpha value is -3.16. The molecule has 0 unspecified atom stereocenters. The molecule has 0 aliphatic heterocycles. The Balaban J connectivity index is 0.000000243. The minimum Gasteiger partial charge on any atom is -0.505 e. The van der Waals surface area contributed by atoms with Crippen molar-refractivity contribution < 1.29 is 38.4 Å². The molecule has 3 N–H and O–H groups in total. The fourth-order valence-corrected chi connectivity index (χ4v) is 1.49. The molecule has 0 aliphatic carbocycles. The number of phenols is 2. The molecule has 0 saturated heterocycles. The van der Waals surface area contributed by atoms with Crippen molar-refractivity contribution in [1.29, 1.82) is 0 Å². The second kappa shape index (κ2) is 8.47. The zero-order chi connectivity index (χ0) is 18.3. The Morgan fingerprint density at radius 2 is 1.42 bits per heavy atom. The van der Waals surface area contributed by atoms with Crippen molar-refractivity contribution in [2.24, 2.45) is 0 Å². The van der Waals surface area contributed by atoms with Crippen molar-refractivity contribution in [3.8, 4) is 11.5 Å². The third-order valence-electron chi connectivity index (χ3n) is 2.65. The molecule has 0 spiro atoms. The number of carboxylic acids is 1. The van der Waals surface area contributed by atoms with Crippen LogP contribution in [0.5, 0.6) is 11.5 Å². The number of benzene rings is 2. The van der Waals surface area contributed by atoms with E-state index in [9.17, 15) is 18.4 Å². The summed E-state index contributed by atoms with van der Waals surface area (Å²) in [5.41, 5.74) is -0.0857. The van der Waals surface area contributed by atoms with E-state index in [2.05, 4.69) is 4.74 Å². The summed E-state index contributed by atoms with van der Waals surface area (Å²) >= 11 is 0. The minimum atomic E-state index is -1.22. The molecule has 128 valence electrons. The van der Waals surface area contributed by atoms with E-state index in [1.165, 1.54) is 6.07 Å². The largest absolute Gasteiger partial charge is 0.505 e. The number of halogens is 2. The highest BCUT2D eigenvalue weighted by molar-refractivity contribution is 5.89. The first-order chi connectivity index (χ1) is 11.3. The number of esters is 1. The van der Waals surface area contributed by atoms with E-state index in [1.54, 1.807) is 6.92 Å². The van der Waals surface area contributed by atoms with Gasteiger partial charge in [0.05, 0.1) is 17.7 Å². The lowest BCUT2D eigenvalue weighted by Gasteiger charge is -2.01. The second-order valence-electron chi connectivity index (χ2n) is 4.36. The van der Waals surface area contributed by atoms with Crippen LogP contribution < -0.4 is 0 Å². The van der Waals surface area contributed by atoms with Gasteiger partial charge in [0.25, 0.3) is 0 Å². The fraction of sp³-hybridized carbons (Fsp3) is 0.125. The van der Waals surface area contributed by atoms with Crippen LogP contribution in [-0.4, -0.2) is 33.9 Å². The van der Waals surface area contributed by atoms with E-state index in [0.29, 0.717) is 0 Å². The standard InChI is InChI=1S/C9H9FO3.C7H5FO3/c1-2-13-9(12)6-3-4-8(11)7(10)5-6;8-5-3-4(7(10)11)1-2-6(5)9/h3-5,11H,2H2,1H3;1-3,9H,(H,10,11). The molecule has 2 rings (SSSR count). The first-order valence-corrected chi connectivity index (χ1v) is 6.63. The molecule has 2 aromatic rings. The lowest BCUT2D eigenvalue weighted by Crippen LogP contribution is -2.04. The zero-order valence-electron chi connectivity index (χ0n) is 12.5. The Morgan fingerprint density at radius 1 is 0.958 bits per heavy atom. The Labute approximate surface area is 135 Å². The smallest absolute Gasteiger partial charge is 0.338 e. The quantitative estimate of drug-likeness (QED) is 0.742. The van der Waals surface area contributed by atoms with Crippen LogP contribution in [0.1, 0.15) is 27.6 Å². The molecule has 6 nitrogen and oxygen atoms in total. The van der Waals surface area contributed by atoms with Crippen molar-refractivity contribution in [3.05, 3.63) is 59.2 Å². The molecule has 0 amide bonds. The first-order valence-electron chi connectivity index (χ1n) is 6.63. The van der Waals surface area contributed by atoms with Gasteiger partial charge in [0, 0.05) is 0 Å². The summed E-state index contributed by atoms with van der Waals surface area (Å²) < 4.78 is 29.8. The van der Waals surface area contributed by atoms with Gasteiger partial charge in [-0.25, -0.2) is 18.4 Å². The molecule has 2 aromatic carbocycles. The van der Waals surface area contributed by atoms with Crippen molar-refractivity contribution in [3.63, 3.8) is 0 Å². The molecule has 0 bridgehead atoms. The highest BCUT2D eigenvalue weighted by Crippen LogP contribution is 2.17. The first kappa shape index (κ1) is 18.9. The Bertz CT molecular complexity index is 745. The third-order valence-corrected chi connectivity index (χ3v) is 2.65. The summed E-state index contributed by atoms with van der Waals surface area (Å²) in [6.07, 6.45) is 0. The van der Waals surface area contributed by atoms with Crippen LogP contribution in [0.15, 0.2) is 36.4 Å². The molecule has 8 heteroatoms. The molecule has 0 radical (unpaired) electrons. The van der Waals surface area contributed by atoms with Gasteiger partial charge in [0.1, 0.15) is 0 Å². The topological polar surface area (TPSA) is 104 Å². The molecule has 24 heavy (non-hydrogen) atoms. The highest BCUT2D eigenvalue weighted by atomic mass is 19.1. The van der Waals surface area contributed by atoms with Crippen LogP contribution in [0.2, 0.25) is 0 Å². The van der Waals surface area contributed by atoms with Gasteiger partial charge in [0.2, 0.25) is 0 Å². The predicted molar refractivity (Wildman–Crippen MR) is 79.0 cm³/mol. The fourth-order valence-electron chi connectivity index (χ4n) is 1.49. The molecule has 0 saturated carbocycles. The minimum absolute atomic E-state index is 0.0946.